The second-order valence-electron chi connectivity index (χ2n) is 7.38. The van der Waals surface area contributed by atoms with Gasteiger partial charge >= 0.3 is 11.8 Å². The summed E-state index contributed by atoms with van der Waals surface area (Å²) in [7, 11) is -3.76. The number of nitrogens with zero attached hydrogens (tertiary/aromatic N) is 1. The molecule has 4 N–H and O–H groups in total. The SMILES string of the molecule is NS(=O)(=O)c1ccc(CNC(=O)C(=O)NC2CCN(Cc3ccccc3)CC2)cc1. The number of rotatable bonds is 6. The number of benzene rings is 2. The number of carbonyl (C=O) groups is 2. The van der Waals surface area contributed by atoms with E-state index in [2.05, 4.69) is 27.7 Å². The smallest absolute Gasteiger partial charge is 0.309 e. The van der Waals surface area contributed by atoms with Gasteiger partial charge in [0, 0.05) is 32.2 Å². The first-order valence-electron chi connectivity index (χ1n) is 9.78. The molecule has 30 heavy (non-hydrogen) atoms. The first-order chi connectivity index (χ1) is 14.3. The summed E-state index contributed by atoms with van der Waals surface area (Å²) in [5.41, 5.74) is 1.93. The van der Waals surface area contributed by atoms with Crippen LogP contribution in [0.3, 0.4) is 0 Å². The van der Waals surface area contributed by atoms with Crippen LogP contribution in [0.1, 0.15) is 24.0 Å². The second kappa shape index (κ2) is 9.84. The maximum atomic E-state index is 12.2. The third kappa shape index (κ3) is 6.38. The van der Waals surface area contributed by atoms with Crippen molar-refractivity contribution >= 4 is 21.8 Å². The minimum absolute atomic E-state index is 0.00562. The van der Waals surface area contributed by atoms with E-state index in [-0.39, 0.29) is 17.5 Å². The minimum Gasteiger partial charge on any atom is -0.345 e. The lowest BCUT2D eigenvalue weighted by molar-refractivity contribution is -0.139. The van der Waals surface area contributed by atoms with E-state index in [0.29, 0.717) is 5.56 Å². The van der Waals surface area contributed by atoms with E-state index < -0.39 is 21.8 Å². The molecule has 0 aromatic heterocycles. The van der Waals surface area contributed by atoms with Gasteiger partial charge in [-0.05, 0) is 36.1 Å². The first-order valence-corrected chi connectivity index (χ1v) is 11.3. The summed E-state index contributed by atoms with van der Waals surface area (Å²) in [5, 5.41) is 10.4. The fourth-order valence-corrected chi connectivity index (χ4v) is 3.90. The molecular formula is C21H26N4O4S. The Balaban J connectivity index is 1.40. The van der Waals surface area contributed by atoms with Crippen molar-refractivity contribution in [1.29, 1.82) is 0 Å². The maximum absolute atomic E-state index is 12.2. The molecule has 0 aliphatic carbocycles. The molecular weight excluding hydrogens is 404 g/mol. The summed E-state index contributed by atoms with van der Waals surface area (Å²) in [5.74, 6) is -1.37. The van der Waals surface area contributed by atoms with Crippen LogP contribution in [0.15, 0.2) is 59.5 Å². The number of hydrogen-bond acceptors (Lipinski definition) is 5. The van der Waals surface area contributed by atoms with E-state index >= 15 is 0 Å². The molecule has 0 radical (unpaired) electrons. The van der Waals surface area contributed by atoms with Gasteiger partial charge in [-0.2, -0.15) is 0 Å². The average molecular weight is 431 g/mol. The van der Waals surface area contributed by atoms with Crippen LogP contribution in [0.25, 0.3) is 0 Å². The Morgan fingerprint density at radius 1 is 0.933 bits per heavy atom. The number of sulfonamides is 1. The second-order valence-corrected chi connectivity index (χ2v) is 8.94. The number of amides is 2. The van der Waals surface area contributed by atoms with Gasteiger partial charge in [0.1, 0.15) is 0 Å². The molecule has 1 aliphatic rings. The van der Waals surface area contributed by atoms with Crippen LogP contribution in [0, 0.1) is 0 Å². The Kier molecular flexibility index (Phi) is 7.20. The van der Waals surface area contributed by atoms with E-state index in [9.17, 15) is 18.0 Å². The Morgan fingerprint density at radius 2 is 1.57 bits per heavy atom. The third-order valence-electron chi connectivity index (χ3n) is 5.08. The van der Waals surface area contributed by atoms with Crippen molar-refractivity contribution in [2.75, 3.05) is 13.1 Å². The minimum atomic E-state index is -3.76. The molecule has 2 amide bonds. The van der Waals surface area contributed by atoms with Gasteiger partial charge < -0.3 is 10.6 Å². The summed E-state index contributed by atoms with van der Waals surface area (Å²) < 4.78 is 22.5. The molecule has 0 bridgehead atoms. The number of piperidine rings is 1. The lowest BCUT2D eigenvalue weighted by Gasteiger charge is -2.32. The Bertz CT molecular complexity index is 970. The zero-order valence-corrected chi connectivity index (χ0v) is 17.4. The number of hydrogen-bond donors (Lipinski definition) is 3. The predicted octanol–water partition coefficient (Wildman–Crippen LogP) is 0.731. The van der Waals surface area contributed by atoms with Crippen molar-refractivity contribution in [3.63, 3.8) is 0 Å². The molecule has 0 atom stereocenters. The van der Waals surface area contributed by atoms with Crippen LogP contribution in [0.4, 0.5) is 0 Å². The van der Waals surface area contributed by atoms with Crippen LogP contribution >= 0.6 is 0 Å². The van der Waals surface area contributed by atoms with Crippen molar-refractivity contribution in [3.8, 4) is 0 Å². The van der Waals surface area contributed by atoms with Gasteiger partial charge in [0.2, 0.25) is 10.0 Å². The average Bonchev–Trinajstić information content (AvgIpc) is 2.74. The van der Waals surface area contributed by atoms with E-state index in [0.717, 1.165) is 32.5 Å². The van der Waals surface area contributed by atoms with E-state index in [1.54, 1.807) is 12.1 Å². The molecule has 2 aromatic carbocycles. The van der Waals surface area contributed by atoms with Gasteiger partial charge in [-0.3, -0.25) is 14.5 Å². The van der Waals surface area contributed by atoms with E-state index in [1.807, 2.05) is 18.2 Å². The van der Waals surface area contributed by atoms with Crippen molar-refractivity contribution in [1.82, 2.24) is 15.5 Å². The molecule has 3 rings (SSSR count). The fourth-order valence-electron chi connectivity index (χ4n) is 3.39. The molecule has 0 spiro atoms. The Labute approximate surface area is 176 Å². The maximum Gasteiger partial charge on any atom is 0.309 e. The summed E-state index contributed by atoms with van der Waals surface area (Å²) in [6, 6.07) is 16.0. The van der Waals surface area contributed by atoms with Crippen LogP contribution in [0.2, 0.25) is 0 Å². The van der Waals surface area contributed by atoms with E-state index in [4.69, 9.17) is 5.14 Å². The molecule has 0 saturated carbocycles. The number of nitrogens with one attached hydrogen (secondary N) is 2. The van der Waals surface area contributed by atoms with Gasteiger partial charge in [-0.15, -0.1) is 0 Å². The zero-order valence-electron chi connectivity index (χ0n) is 16.6. The quantitative estimate of drug-likeness (QED) is 0.584. The van der Waals surface area contributed by atoms with Crippen LogP contribution in [0.5, 0.6) is 0 Å². The van der Waals surface area contributed by atoms with Crippen molar-refractivity contribution in [2.45, 2.75) is 36.9 Å². The number of primary sulfonamides is 1. The molecule has 160 valence electrons. The van der Waals surface area contributed by atoms with Crippen molar-refractivity contribution in [3.05, 3.63) is 65.7 Å². The predicted molar refractivity (Wildman–Crippen MR) is 113 cm³/mol. The van der Waals surface area contributed by atoms with E-state index in [1.165, 1.54) is 17.7 Å². The fraction of sp³-hybridized carbons (Fsp3) is 0.333. The standard InChI is InChI=1S/C21H26N4O4S/c22-30(28,29)19-8-6-16(7-9-19)14-23-20(26)21(27)24-18-10-12-25(13-11-18)15-17-4-2-1-3-5-17/h1-9,18H,10-15H2,(H,23,26)(H,24,27)(H2,22,28,29). The topological polar surface area (TPSA) is 122 Å². The summed E-state index contributed by atoms with van der Waals surface area (Å²) >= 11 is 0. The van der Waals surface area contributed by atoms with Gasteiger partial charge in [0.05, 0.1) is 4.90 Å². The Hall–Kier alpha value is -2.75. The molecule has 1 aliphatic heterocycles. The van der Waals surface area contributed by atoms with Crippen molar-refractivity contribution in [2.24, 2.45) is 5.14 Å². The summed E-state index contributed by atoms with van der Waals surface area (Å²) in [6.45, 7) is 2.72. The lowest BCUT2D eigenvalue weighted by atomic mass is 10.0. The highest BCUT2D eigenvalue weighted by atomic mass is 32.2. The molecule has 2 aromatic rings. The number of likely N-dealkylation sites (tertiary alicyclic amines) is 1. The largest absolute Gasteiger partial charge is 0.345 e. The summed E-state index contributed by atoms with van der Waals surface area (Å²) in [6.07, 6.45) is 1.59. The molecule has 8 nitrogen and oxygen atoms in total. The van der Waals surface area contributed by atoms with Gasteiger partial charge in [0.15, 0.2) is 0 Å². The highest BCUT2D eigenvalue weighted by molar-refractivity contribution is 7.89. The Morgan fingerprint density at radius 3 is 2.17 bits per heavy atom. The molecule has 1 heterocycles. The van der Waals surface area contributed by atoms with Crippen LogP contribution in [-0.2, 0) is 32.7 Å². The van der Waals surface area contributed by atoms with Gasteiger partial charge in [-0.1, -0.05) is 42.5 Å². The zero-order chi connectivity index (χ0) is 21.6. The highest BCUT2D eigenvalue weighted by Crippen LogP contribution is 2.14. The summed E-state index contributed by atoms with van der Waals surface area (Å²) in [4.78, 5) is 26.6. The first kappa shape index (κ1) is 21.9. The van der Waals surface area contributed by atoms with Gasteiger partial charge in [0.25, 0.3) is 0 Å². The molecule has 0 unspecified atom stereocenters. The molecule has 1 fully saturated rings. The highest BCUT2D eigenvalue weighted by Gasteiger charge is 2.23. The normalized spacial score (nSPS) is 15.5. The monoisotopic (exact) mass is 430 g/mol. The lowest BCUT2D eigenvalue weighted by Crippen LogP contribution is -2.48. The van der Waals surface area contributed by atoms with Crippen LogP contribution in [-0.4, -0.2) is 44.3 Å². The van der Waals surface area contributed by atoms with Crippen molar-refractivity contribution < 1.29 is 18.0 Å². The molecule has 1 saturated heterocycles. The van der Waals surface area contributed by atoms with Crippen LogP contribution < -0.4 is 15.8 Å². The molecule has 9 heteroatoms. The number of nitrogens with two attached hydrogens (primary N) is 1. The third-order valence-corrected chi connectivity index (χ3v) is 6.01. The number of carbonyl (C=O) groups excluding carboxylic acids is 2. The van der Waals surface area contributed by atoms with Gasteiger partial charge in [-0.25, -0.2) is 13.6 Å².